The predicted molar refractivity (Wildman–Crippen MR) is 104 cm³/mol. The Morgan fingerprint density at radius 2 is 1.86 bits per heavy atom. The number of carboxylic acid groups (broad SMARTS) is 1. The van der Waals surface area contributed by atoms with Gasteiger partial charge in [0.1, 0.15) is 6.04 Å². The monoisotopic (exact) mass is 383 g/mol. The Morgan fingerprint density at radius 3 is 2.54 bits per heavy atom. The van der Waals surface area contributed by atoms with Gasteiger partial charge in [-0.3, -0.25) is 24.0 Å². The van der Waals surface area contributed by atoms with Gasteiger partial charge in [-0.1, -0.05) is 0 Å². The molecule has 0 bridgehead atoms. The maximum atomic E-state index is 12.9. The van der Waals surface area contributed by atoms with Crippen LogP contribution in [0, 0.1) is 13.8 Å². The predicted octanol–water partition coefficient (Wildman–Crippen LogP) is 0.799. The number of aliphatic carboxylic acids is 1. The molecule has 28 heavy (non-hydrogen) atoms. The molecule has 0 saturated carbocycles. The first-order valence-corrected chi connectivity index (χ1v) is 9.24. The van der Waals surface area contributed by atoms with Gasteiger partial charge < -0.3 is 5.11 Å². The third-order valence-corrected chi connectivity index (χ3v) is 5.46. The average molecular weight is 383 g/mol. The number of hydrogen-bond acceptors (Lipinski definition) is 6. The van der Waals surface area contributed by atoms with Gasteiger partial charge in [-0.05, 0) is 56.5 Å². The Morgan fingerprint density at radius 1 is 1.18 bits per heavy atom. The maximum absolute atomic E-state index is 12.9. The Balaban J connectivity index is 1.74. The number of H-pyrrole nitrogens is 1. The van der Waals surface area contributed by atoms with E-state index in [9.17, 15) is 19.5 Å². The largest absolute Gasteiger partial charge is 0.480 e. The quantitative estimate of drug-likeness (QED) is 0.639. The summed E-state index contributed by atoms with van der Waals surface area (Å²) in [6.07, 6.45) is 1.37. The SMILES string of the molecule is Cc1cc2nc3[nH]c(=O)n(CCN4CCC[C@H]4C(=O)O)c(=O)c3nc2cc1C. The summed E-state index contributed by atoms with van der Waals surface area (Å²) in [5.41, 5.74) is 2.48. The molecule has 0 amide bonds. The van der Waals surface area contributed by atoms with Gasteiger partial charge in [-0.15, -0.1) is 0 Å². The zero-order valence-electron chi connectivity index (χ0n) is 15.7. The molecule has 0 unspecified atom stereocenters. The molecule has 1 aliphatic rings. The van der Waals surface area contributed by atoms with Gasteiger partial charge in [-0.25, -0.2) is 14.8 Å². The molecule has 1 fully saturated rings. The first-order chi connectivity index (χ1) is 13.3. The van der Waals surface area contributed by atoms with E-state index >= 15 is 0 Å². The summed E-state index contributed by atoms with van der Waals surface area (Å²) in [7, 11) is 0. The first-order valence-electron chi connectivity index (χ1n) is 9.24. The lowest BCUT2D eigenvalue weighted by atomic mass is 10.1. The summed E-state index contributed by atoms with van der Waals surface area (Å²) < 4.78 is 1.07. The van der Waals surface area contributed by atoms with E-state index in [1.165, 1.54) is 0 Å². The van der Waals surface area contributed by atoms with Crippen molar-refractivity contribution in [3.8, 4) is 0 Å². The molecule has 2 aromatic heterocycles. The van der Waals surface area contributed by atoms with Crippen LogP contribution in [0.5, 0.6) is 0 Å². The summed E-state index contributed by atoms with van der Waals surface area (Å²) in [5, 5.41) is 9.28. The fourth-order valence-corrected chi connectivity index (χ4v) is 3.74. The topological polar surface area (TPSA) is 121 Å². The molecule has 0 aliphatic carbocycles. The fourth-order valence-electron chi connectivity index (χ4n) is 3.74. The average Bonchev–Trinajstić information content (AvgIpc) is 3.10. The summed E-state index contributed by atoms with van der Waals surface area (Å²) in [6.45, 7) is 4.97. The van der Waals surface area contributed by atoms with E-state index in [1.807, 2.05) is 26.0 Å². The van der Waals surface area contributed by atoms with Crippen molar-refractivity contribution in [2.24, 2.45) is 0 Å². The highest BCUT2D eigenvalue weighted by Gasteiger charge is 2.30. The molecule has 9 heteroatoms. The van der Waals surface area contributed by atoms with Crippen LogP contribution in [0.2, 0.25) is 0 Å². The van der Waals surface area contributed by atoms with E-state index in [-0.39, 0.29) is 17.7 Å². The van der Waals surface area contributed by atoms with E-state index in [0.717, 1.165) is 22.1 Å². The van der Waals surface area contributed by atoms with Crippen molar-refractivity contribution in [2.45, 2.75) is 39.3 Å². The summed E-state index contributed by atoms with van der Waals surface area (Å²) in [5.74, 6) is -0.875. The van der Waals surface area contributed by atoms with Gasteiger partial charge in [-0.2, -0.15) is 0 Å². The number of aryl methyl sites for hydroxylation is 2. The normalized spacial score (nSPS) is 17.6. The molecular weight excluding hydrogens is 362 g/mol. The smallest absolute Gasteiger partial charge is 0.330 e. The van der Waals surface area contributed by atoms with Crippen LogP contribution < -0.4 is 11.2 Å². The minimum Gasteiger partial charge on any atom is -0.480 e. The highest BCUT2D eigenvalue weighted by Crippen LogP contribution is 2.18. The van der Waals surface area contributed by atoms with Crippen LogP contribution in [0.15, 0.2) is 21.7 Å². The third kappa shape index (κ3) is 3.07. The number of aromatic amines is 1. The second-order valence-corrected chi connectivity index (χ2v) is 7.27. The van der Waals surface area contributed by atoms with Crippen molar-refractivity contribution in [3.05, 3.63) is 44.1 Å². The van der Waals surface area contributed by atoms with E-state index in [2.05, 4.69) is 15.0 Å². The molecule has 9 nitrogen and oxygen atoms in total. The molecule has 1 aliphatic heterocycles. The Hall–Kier alpha value is -3.07. The highest BCUT2D eigenvalue weighted by atomic mass is 16.4. The molecule has 3 aromatic rings. The van der Waals surface area contributed by atoms with Crippen molar-refractivity contribution in [3.63, 3.8) is 0 Å². The summed E-state index contributed by atoms with van der Waals surface area (Å²) in [6, 6.07) is 3.18. The number of aromatic nitrogens is 4. The van der Waals surface area contributed by atoms with Crippen LogP contribution in [0.25, 0.3) is 22.2 Å². The molecule has 0 radical (unpaired) electrons. The minimum atomic E-state index is -0.875. The number of nitrogens with one attached hydrogen (secondary N) is 1. The number of rotatable bonds is 4. The molecule has 3 heterocycles. The van der Waals surface area contributed by atoms with Gasteiger partial charge in [0, 0.05) is 13.1 Å². The molecule has 1 aromatic carbocycles. The summed E-state index contributed by atoms with van der Waals surface area (Å²) >= 11 is 0. The number of carbonyl (C=O) groups is 1. The highest BCUT2D eigenvalue weighted by molar-refractivity contribution is 5.84. The number of carboxylic acids is 1. The number of benzene rings is 1. The van der Waals surface area contributed by atoms with E-state index in [4.69, 9.17) is 0 Å². The fraction of sp³-hybridized carbons (Fsp3) is 0.421. The molecule has 1 atom stereocenters. The Labute approximate surface area is 159 Å². The Bertz CT molecular complexity index is 1210. The number of likely N-dealkylation sites (tertiary alicyclic amines) is 1. The van der Waals surface area contributed by atoms with Crippen LogP contribution in [0.1, 0.15) is 24.0 Å². The van der Waals surface area contributed by atoms with Crippen LogP contribution in [-0.2, 0) is 11.3 Å². The molecular formula is C19H21N5O4. The molecule has 146 valence electrons. The molecule has 1 saturated heterocycles. The molecule has 2 N–H and O–H groups in total. The number of nitrogens with zero attached hydrogens (tertiary/aromatic N) is 4. The lowest BCUT2D eigenvalue weighted by Gasteiger charge is -2.20. The van der Waals surface area contributed by atoms with E-state index in [0.29, 0.717) is 30.5 Å². The van der Waals surface area contributed by atoms with Crippen LogP contribution in [-0.4, -0.2) is 54.6 Å². The number of fused-ring (bicyclic) bond motifs is 2. The maximum Gasteiger partial charge on any atom is 0.330 e. The molecule has 0 spiro atoms. The standard InChI is InChI=1S/C19H21N5O4/c1-10-8-12-13(9-11(10)2)21-16-15(20-12)17(25)24(19(28)22-16)7-6-23-5-3-4-14(23)18(26)27/h8-9,14H,3-7H2,1-2H3,(H,26,27)(H,21,22,28)/t14-/m0/s1. The van der Waals surface area contributed by atoms with Gasteiger partial charge in [0.25, 0.3) is 5.56 Å². The van der Waals surface area contributed by atoms with E-state index in [1.54, 1.807) is 4.90 Å². The van der Waals surface area contributed by atoms with Crippen LogP contribution >= 0.6 is 0 Å². The van der Waals surface area contributed by atoms with Gasteiger partial charge in [0.15, 0.2) is 11.2 Å². The van der Waals surface area contributed by atoms with Gasteiger partial charge in [0.05, 0.1) is 11.0 Å². The van der Waals surface area contributed by atoms with Crippen molar-refractivity contribution in [1.82, 2.24) is 24.4 Å². The first kappa shape index (κ1) is 18.3. The van der Waals surface area contributed by atoms with E-state index < -0.39 is 23.3 Å². The second-order valence-electron chi connectivity index (χ2n) is 7.27. The lowest BCUT2D eigenvalue weighted by Crippen LogP contribution is -2.42. The second kappa shape index (κ2) is 6.83. The zero-order chi connectivity index (χ0) is 20.0. The van der Waals surface area contributed by atoms with Crippen molar-refractivity contribution >= 4 is 28.2 Å². The Kier molecular flexibility index (Phi) is 4.46. The van der Waals surface area contributed by atoms with Gasteiger partial charge in [0.2, 0.25) is 0 Å². The van der Waals surface area contributed by atoms with Gasteiger partial charge >= 0.3 is 11.7 Å². The summed E-state index contributed by atoms with van der Waals surface area (Å²) in [4.78, 5) is 49.9. The number of hydrogen-bond donors (Lipinski definition) is 2. The van der Waals surface area contributed by atoms with Crippen molar-refractivity contribution in [2.75, 3.05) is 13.1 Å². The van der Waals surface area contributed by atoms with Crippen LogP contribution in [0.3, 0.4) is 0 Å². The molecule has 4 rings (SSSR count). The lowest BCUT2D eigenvalue weighted by molar-refractivity contribution is -0.142. The van der Waals surface area contributed by atoms with Crippen molar-refractivity contribution in [1.29, 1.82) is 0 Å². The van der Waals surface area contributed by atoms with Crippen LogP contribution in [0.4, 0.5) is 0 Å². The third-order valence-electron chi connectivity index (χ3n) is 5.46. The minimum absolute atomic E-state index is 0.0977. The van der Waals surface area contributed by atoms with Crippen molar-refractivity contribution < 1.29 is 9.90 Å². The zero-order valence-corrected chi connectivity index (χ0v) is 15.7.